The summed E-state index contributed by atoms with van der Waals surface area (Å²) >= 11 is 0. The third-order valence-corrected chi connectivity index (χ3v) is 2.27. The summed E-state index contributed by atoms with van der Waals surface area (Å²) in [7, 11) is 0. The zero-order valence-electron chi connectivity index (χ0n) is 7.85. The van der Waals surface area contributed by atoms with Crippen LogP contribution in [0.5, 0.6) is 0 Å². The van der Waals surface area contributed by atoms with E-state index in [0.29, 0.717) is 0 Å². The zero-order chi connectivity index (χ0) is 8.91. The predicted molar refractivity (Wildman–Crippen MR) is 51.5 cm³/mol. The van der Waals surface area contributed by atoms with E-state index < -0.39 is 0 Å². The average molecular weight is 153 g/mol. The van der Waals surface area contributed by atoms with Crippen LogP contribution in [0.1, 0.15) is 33.6 Å². The highest BCUT2D eigenvalue weighted by Crippen LogP contribution is 2.20. The van der Waals surface area contributed by atoms with Gasteiger partial charge >= 0.3 is 0 Å². The summed E-state index contributed by atoms with van der Waals surface area (Å²) in [5.74, 6) is 0. The largest absolute Gasteiger partial charge is 0.321 e. The maximum atomic E-state index is 6.08. The molecule has 0 aliphatic rings. The van der Waals surface area contributed by atoms with Gasteiger partial charge < -0.3 is 5.73 Å². The molecule has 0 bridgehead atoms. The lowest BCUT2D eigenvalue weighted by Gasteiger charge is -2.27. The van der Waals surface area contributed by atoms with Crippen molar-refractivity contribution in [2.75, 3.05) is 0 Å². The summed E-state index contributed by atoms with van der Waals surface area (Å²) in [6.45, 7) is 10.1. The second-order valence-corrected chi connectivity index (χ2v) is 2.89. The van der Waals surface area contributed by atoms with Crippen molar-refractivity contribution in [3.05, 3.63) is 24.3 Å². The second kappa shape index (κ2) is 4.35. The van der Waals surface area contributed by atoms with Crippen molar-refractivity contribution in [3.63, 3.8) is 0 Å². The van der Waals surface area contributed by atoms with Gasteiger partial charge in [0.25, 0.3) is 0 Å². The molecule has 1 nitrogen and oxygen atoms in total. The van der Waals surface area contributed by atoms with Crippen LogP contribution < -0.4 is 5.73 Å². The molecule has 0 fully saturated rings. The van der Waals surface area contributed by atoms with Gasteiger partial charge in [0.05, 0.1) is 0 Å². The van der Waals surface area contributed by atoms with Crippen LogP contribution in [0, 0.1) is 0 Å². The Kier molecular flexibility index (Phi) is 4.12. The minimum Gasteiger partial charge on any atom is -0.321 e. The van der Waals surface area contributed by atoms with Gasteiger partial charge in [-0.05, 0) is 25.3 Å². The molecule has 0 aromatic heterocycles. The summed E-state index contributed by atoms with van der Waals surface area (Å²) in [5.41, 5.74) is 6.92. The SMILES string of the molecule is C=C(/C=C\C)C(N)(CC)CC. The van der Waals surface area contributed by atoms with Crippen LogP contribution in [0.4, 0.5) is 0 Å². The Morgan fingerprint density at radius 2 is 1.91 bits per heavy atom. The molecule has 0 aliphatic carbocycles. The van der Waals surface area contributed by atoms with Gasteiger partial charge in [0.15, 0.2) is 0 Å². The Morgan fingerprint density at radius 1 is 1.45 bits per heavy atom. The number of hydrogen-bond donors (Lipinski definition) is 1. The molecule has 0 rings (SSSR count). The van der Waals surface area contributed by atoms with Crippen molar-refractivity contribution in [3.8, 4) is 0 Å². The van der Waals surface area contributed by atoms with Crippen molar-refractivity contribution < 1.29 is 0 Å². The predicted octanol–water partition coefficient (Wildman–Crippen LogP) is 2.64. The smallest absolute Gasteiger partial charge is 0.0398 e. The van der Waals surface area contributed by atoms with E-state index in [1.807, 2.05) is 19.1 Å². The normalized spacial score (nSPS) is 12.4. The Morgan fingerprint density at radius 3 is 2.18 bits per heavy atom. The van der Waals surface area contributed by atoms with Crippen molar-refractivity contribution in [2.24, 2.45) is 5.73 Å². The van der Waals surface area contributed by atoms with Gasteiger partial charge in [-0.3, -0.25) is 0 Å². The van der Waals surface area contributed by atoms with Crippen LogP contribution in [-0.4, -0.2) is 5.54 Å². The molecule has 0 atom stereocenters. The number of nitrogens with two attached hydrogens (primary N) is 1. The lowest BCUT2D eigenvalue weighted by molar-refractivity contribution is 0.475. The van der Waals surface area contributed by atoms with Crippen LogP contribution >= 0.6 is 0 Å². The Labute approximate surface area is 70.0 Å². The first-order chi connectivity index (χ1) is 5.10. The molecule has 0 aromatic rings. The summed E-state index contributed by atoms with van der Waals surface area (Å²) < 4.78 is 0. The zero-order valence-corrected chi connectivity index (χ0v) is 7.85. The van der Waals surface area contributed by atoms with Gasteiger partial charge in [0, 0.05) is 5.54 Å². The first-order valence-electron chi connectivity index (χ1n) is 4.21. The highest BCUT2D eigenvalue weighted by molar-refractivity contribution is 5.26. The standard InChI is InChI=1S/C10H19N/c1-5-8-9(4)10(11,6-2)7-3/h5,8H,4,6-7,11H2,1-3H3/b8-5-. The van der Waals surface area contributed by atoms with Crippen LogP contribution in [0.2, 0.25) is 0 Å². The van der Waals surface area contributed by atoms with Crippen molar-refractivity contribution in [2.45, 2.75) is 39.2 Å². The molecule has 0 amide bonds. The van der Waals surface area contributed by atoms with E-state index in [0.717, 1.165) is 18.4 Å². The van der Waals surface area contributed by atoms with Crippen LogP contribution in [0.25, 0.3) is 0 Å². The molecular formula is C10H19N. The molecule has 1 heteroatoms. The van der Waals surface area contributed by atoms with E-state index in [-0.39, 0.29) is 5.54 Å². The van der Waals surface area contributed by atoms with Gasteiger partial charge in [-0.2, -0.15) is 0 Å². The summed E-state index contributed by atoms with van der Waals surface area (Å²) in [5, 5.41) is 0. The van der Waals surface area contributed by atoms with Crippen molar-refractivity contribution in [1.29, 1.82) is 0 Å². The van der Waals surface area contributed by atoms with Gasteiger partial charge in [-0.25, -0.2) is 0 Å². The lowest BCUT2D eigenvalue weighted by Crippen LogP contribution is -2.39. The van der Waals surface area contributed by atoms with Gasteiger partial charge in [-0.1, -0.05) is 32.6 Å². The third kappa shape index (κ3) is 2.51. The minimum atomic E-state index is -0.188. The molecule has 0 unspecified atom stereocenters. The monoisotopic (exact) mass is 153 g/mol. The third-order valence-electron chi connectivity index (χ3n) is 2.27. The fraction of sp³-hybridized carbons (Fsp3) is 0.600. The maximum Gasteiger partial charge on any atom is 0.0398 e. The Bertz CT molecular complexity index is 152. The van der Waals surface area contributed by atoms with E-state index >= 15 is 0 Å². The molecule has 64 valence electrons. The topological polar surface area (TPSA) is 26.0 Å². The van der Waals surface area contributed by atoms with Crippen LogP contribution in [-0.2, 0) is 0 Å². The molecule has 0 saturated carbocycles. The van der Waals surface area contributed by atoms with Gasteiger partial charge in [0.2, 0.25) is 0 Å². The molecule has 0 radical (unpaired) electrons. The molecular weight excluding hydrogens is 134 g/mol. The van der Waals surface area contributed by atoms with Crippen LogP contribution in [0.3, 0.4) is 0 Å². The fourth-order valence-electron chi connectivity index (χ4n) is 1.07. The minimum absolute atomic E-state index is 0.188. The number of allylic oxidation sites excluding steroid dienone is 1. The Balaban J connectivity index is 4.37. The Hall–Kier alpha value is -0.560. The fourth-order valence-corrected chi connectivity index (χ4v) is 1.07. The highest BCUT2D eigenvalue weighted by Gasteiger charge is 2.21. The second-order valence-electron chi connectivity index (χ2n) is 2.89. The molecule has 0 spiro atoms. The number of rotatable bonds is 4. The molecule has 2 N–H and O–H groups in total. The van der Waals surface area contributed by atoms with E-state index in [1.54, 1.807) is 0 Å². The quantitative estimate of drug-likeness (QED) is 0.617. The lowest BCUT2D eigenvalue weighted by atomic mass is 9.86. The van der Waals surface area contributed by atoms with E-state index in [1.165, 1.54) is 0 Å². The van der Waals surface area contributed by atoms with Crippen LogP contribution in [0.15, 0.2) is 24.3 Å². The van der Waals surface area contributed by atoms with Crippen molar-refractivity contribution >= 4 is 0 Å². The van der Waals surface area contributed by atoms with E-state index in [2.05, 4.69) is 20.4 Å². The molecule has 0 heterocycles. The summed E-state index contributed by atoms with van der Waals surface area (Å²) in [4.78, 5) is 0. The molecule has 11 heavy (non-hydrogen) atoms. The maximum absolute atomic E-state index is 6.08. The summed E-state index contributed by atoms with van der Waals surface area (Å²) in [6.07, 6.45) is 5.88. The van der Waals surface area contributed by atoms with Gasteiger partial charge in [0.1, 0.15) is 0 Å². The van der Waals surface area contributed by atoms with E-state index in [4.69, 9.17) is 5.73 Å². The number of hydrogen-bond acceptors (Lipinski definition) is 1. The van der Waals surface area contributed by atoms with Gasteiger partial charge in [-0.15, -0.1) is 0 Å². The molecule has 0 aliphatic heterocycles. The first-order valence-corrected chi connectivity index (χ1v) is 4.21. The van der Waals surface area contributed by atoms with Crippen molar-refractivity contribution in [1.82, 2.24) is 0 Å². The summed E-state index contributed by atoms with van der Waals surface area (Å²) in [6, 6.07) is 0. The average Bonchev–Trinajstić information content (AvgIpc) is 2.03. The molecule has 0 saturated heterocycles. The van der Waals surface area contributed by atoms with E-state index in [9.17, 15) is 0 Å². The first kappa shape index (κ1) is 10.4. The molecule has 0 aromatic carbocycles. The highest BCUT2D eigenvalue weighted by atomic mass is 14.7.